The van der Waals surface area contributed by atoms with Crippen molar-refractivity contribution < 1.29 is 22.7 Å². The van der Waals surface area contributed by atoms with E-state index in [9.17, 15) is 18.0 Å². The van der Waals surface area contributed by atoms with Crippen LogP contribution in [0.2, 0.25) is 0 Å². The summed E-state index contributed by atoms with van der Waals surface area (Å²) in [6, 6.07) is 12.6. The molecule has 1 saturated heterocycles. The average molecular weight is 432 g/mol. The monoisotopic (exact) mass is 431 g/mol. The van der Waals surface area contributed by atoms with Crippen LogP contribution in [0.15, 0.2) is 53.4 Å². The zero-order chi connectivity index (χ0) is 21.7. The number of benzene rings is 2. The van der Waals surface area contributed by atoms with Crippen LogP contribution in [0.3, 0.4) is 0 Å². The van der Waals surface area contributed by atoms with E-state index in [0.717, 1.165) is 12.8 Å². The number of nitrogens with one attached hydrogen (secondary N) is 1. The van der Waals surface area contributed by atoms with E-state index in [1.807, 2.05) is 0 Å². The highest BCUT2D eigenvalue weighted by Crippen LogP contribution is 2.22. The molecule has 1 aliphatic heterocycles. The number of hydrogen-bond acceptors (Lipinski definition) is 5. The van der Waals surface area contributed by atoms with Gasteiger partial charge in [-0.25, -0.2) is 8.42 Å². The molecule has 0 aliphatic carbocycles. The Hall–Kier alpha value is -2.91. The van der Waals surface area contributed by atoms with E-state index >= 15 is 0 Å². The number of sulfonamides is 1. The van der Waals surface area contributed by atoms with Crippen LogP contribution in [0.1, 0.15) is 23.2 Å². The summed E-state index contributed by atoms with van der Waals surface area (Å²) in [4.78, 5) is 25.6. The predicted molar refractivity (Wildman–Crippen MR) is 113 cm³/mol. The summed E-state index contributed by atoms with van der Waals surface area (Å²) in [6.45, 7) is 1.01. The van der Waals surface area contributed by atoms with Crippen LogP contribution in [0.5, 0.6) is 5.75 Å². The number of ether oxygens (including phenoxy) is 1. The number of hydrogen-bond donors (Lipinski definition) is 1. The normalized spacial score (nSPS) is 14.3. The van der Waals surface area contributed by atoms with Gasteiger partial charge in [-0.1, -0.05) is 0 Å². The zero-order valence-electron chi connectivity index (χ0n) is 17.0. The minimum atomic E-state index is -3.50. The van der Waals surface area contributed by atoms with Gasteiger partial charge in [0.15, 0.2) is 6.61 Å². The van der Waals surface area contributed by atoms with Crippen LogP contribution < -0.4 is 10.1 Å². The van der Waals surface area contributed by atoms with Gasteiger partial charge in [0.1, 0.15) is 5.75 Å². The second kappa shape index (κ2) is 9.27. The Balaban J connectivity index is 1.60. The van der Waals surface area contributed by atoms with Crippen LogP contribution in [0.4, 0.5) is 5.69 Å². The maximum atomic E-state index is 12.6. The van der Waals surface area contributed by atoms with Gasteiger partial charge in [-0.2, -0.15) is 4.31 Å². The van der Waals surface area contributed by atoms with Gasteiger partial charge in [0.2, 0.25) is 10.0 Å². The highest BCUT2D eigenvalue weighted by Gasteiger charge is 2.27. The molecule has 1 aliphatic rings. The van der Waals surface area contributed by atoms with Crippen molar-refractivity contribution in [3.8, 4) is 5.75 Å². The summed E-state index contributed by atoms with van der Waals surface area (Å²) in [6.07, 6.45) is 1.74. The molecule has 0 aromatic heterocycles. The van der Waals surface area contributed by atoms with Crippen LogP contribution in [0.25, 0.3) is 0 Å². The minimum Gasteiger partial charge on any atom is -0.484 e. The summed E-state index contributed by atoms with van der Waals surface area (Å²) in [7, 11) is -0.198. The molecule has 1 N–H and O–H groups in total. The molecule has 0 saturated carbocycles. The number of likely N-dealkylation sites (N-methyl/N-ethyl adjacent to an activating group) is 1. The smallest absolute Gasteiger partial charge is 0.259 e. The third kappa shape index (κ3) is 5.17. The van der Waals surface area contributed by atoms with Gasteiger partial charge in [0, 0.05) is 38.4 Å². The molecule has 0 bridgehead atoms. The third-order valence-electron chi connectivity index (χ3n) is 4.79. The van der Waals surface area contributed by atoms with Crippen LogP contribution >= 0.6 is 0 Å². The Morgan fingerprint density at radius 1 is 1.00 bits per heavy atom. The summed E-state index contributed by atoms with van der Waals surface area (Å²) < 4.78 is 32.0. The van der Waals surface area contributed by atoms with Gasteiger partial charge < -0.3 is 15.0 Å². The molecule has 3 rings (SSSR count). The van der Waals surface area contributed by atoms with Crippen molar-refractivity contribution in [1.82, 2.24) is 9.21 Å². The van der Waals surface area contributed by atoms with E-state index in [2.05, 4.69) is 5.32 Å². The van der Waals surface area contributed by atoms with Crippen molar-refractivity contribution in [2.24, 2.45) is 0 Å². The minimum absolute atomic E-state index is 0.0641. The number of anilines is 1. The first-order chi connectivity index (χ1) is 14.3. The fourth-order valence-electron chi connectivity index (χ4n) is 2.97. The molecule has 0 atom stereocenters. The molecule has 0 unspecified atom stereocenters. The Kier molecular flexibility index (Phi) is 6.73. The highest BCUT2D eigenvalue weighted by atomic mass is 32.2. The number of amides is 2. The first-order valence-electron chi connectivity index (χ1n) is 9.62. The van der Waals surface area contributed by atoms with E-state index in [1.54, 1.807) is 38.4 Å². The van der Waals surface area contributed by atoms with Crippen molar-refractivity contribution in [2.75, 3.05) is 39.1 Å². The number of carbonyl (C=O) groups is 2. The lowest BCUT2D eigenvalue weighted by Gasteiger charge is -2.15. The summed E-state index contributed by atoms with van der Waals surface area (Å²) >= 11 is 0. The summed E-state index contributed by atoms with van der Waals surface area (Å²) in [5.74, 6) is 0.0128. The molecule has 2 aromatic carbocycles. The molecule has 1 heterocycles. The van der Waals surface area contributed by atoms with Gasteiger partial charge in [-0.05, 0) is 61.4 Å². The van der Waals surface area contributed by atoms with Crippen molar-refractivity contribution >= 4 is 27.5 Å². The predicted octanol–water partition coefficient (Wildman–Crippen LogP) is 2.19. The summed E-state index contributed by atoms with van der Waals surface area (Å²) in [5.41, 5.74) is 0.910. The Morgan fingerprint density at radius 2 is 1.60 bits per heavy atom. The SMILES string of the molecule is CN(C)C(=O)COc1ccc(NC(=O)c2ccc(S(=O)(=O)N3CCCC3)cc2)cc1. The lowest BCUT2D eigenvalue weighted by Crippen LogP contribution is -2.27. The lowest BCUT2D eigenvalue weighted by atomic mass is 10.2. The van der Waals surface area contributed by atoms with E-state index in [0.29, 0.717) is 30.1 Å². The van der Waals surface area contributed by atoms with E-state index in [1.165, 1.54) is 33.5 Å². The third-order valence-corrected chi connectivity index (χ3v) is 6.71. The molecule has 0 spiro atoms. The first kappa shape index (κ1) is 21.8. The Bertz CT molecular complexity index is 996. The molecular weight excluding hydrogens is 406 g/mol. The number of nitrogens with zero attached hydrogens (tertiary/aromatic N) is 2. The van der Waals surface area contributed by atoms with Crippen molar-refractivity contribution in [1.29, 1.82) is 0 Å². The molecule has 30 heavy (non-hydrogen) atoms. The molecule has 2 aromatic rings. The average Bonchev–Trinajstić information content (AvgIpc) is 3.29. The second-order valence-corrected chi connectivity index (χ2v) is 9.13. The largest absolute Gasteiger partial charge is 0.484 e. The first-order valence-corrected chi connectivity index (χ1v) is 11.1. The van der Waals surface area contributed by atoms with Crippen molar-refractivity contribution in [3.05, 3.63) is 54.1 Å². The summed E-state index contributed by atoms with van der Waals surface area (Å²) in [5, 5.41) is 2.75. The van der Waals surface area contributed by atoms with E-state index in [4.69, 9.17) is 4.74 Å². The zero-order valence-corrected chi connectivity index (χ0v) is 17.8. The van der Waals surface area contributed by atoms with Gasteiger partial charge in [0.25, 0.3) is 11.8 Å². The van der Waals surface area contributed by atoms with Crippen molar-refractivity contribution in [2.45, 2.75) is 17.7 Å². The van der Waals surface area contributed by atoms with E-state index in [-0.39, 0.29) is 23.3 Å². The Morgan fingerprint density at radius 3 is 2.17 bits per heavy atom. The number of carbonyl (C=O) groups excluding carboxylic acids is 2. The van der Waals surface area contributed by atoms with Gasteiger partial charge in [0.05, 0.1) is 4.90 Å². The molecule has 8 nitrogen and oxygen atoms in total. The lowest BCUT2D eigenvalue weighted by molar-refractivity contribution is -0.130. The van der Waals surface area contributed by atoms with Gasteiger partial charge in [-0.3, -0.25) is 9.59 Å². The fraction of sp³-hybridized carbons (Fsp3) is 0.333. The Labute approximate surface area is 176 Å². The maximum Gasteiger partial charge on any atom is 0.259 e. The fourth-order valence-corrected chi connectivity index (χ4v) is 4.48. The molecule has 9 heteroatoms. The van der Waals surface area contributed by atoms with Crippen LogP contribution in [-0.4, -0.2) is 63.2 Å². The van der Waals surface area contributed by atoms with Crippen molar-refractivity contribution in [3.63, 3.8) is 0 Å². The molecule has 1 fully saturated rings. The standard InChI is InChI=1S/C21H25N3O5S/c1-23(2)20(25)15-29-18-9-7-17(8-10-18)22-21(26)16-5-11-19(12-6-16)30(27,28)24-13-3-4-14-24/h5-12H,3-4,13-15H2,1-2H3,(H,22,26). The molecular formula is C21H25N3O5S. The van der Waals surface area contributed by atoms with Crippen LogP contribution in [-0.2, 0) is 14.8 Å². The molecule has 0 radical (unpaired) electrons. The quantitative estimate of drug-likeness (QED) is 0.725. The van der Waals surface area contributed by atoms with Crippen LogP contribution in [0, 0.1) is 0 Å². The van der Waals surface area contributed by atoms with Gasteiger partial charge >= 0.3 is 0 Å². The maximum absolute atomic E-state index is 12.6. The molecule has 2 amide bonds. The second-order valence-electron chi connectivity index (χ2n) is 7.19. The molecule has 160 valence electrons. The van der Waals surface area contributed by atoms with E-state index < -0.39 is 10.0 Å². The topological polar surface area (TPSA) is 96.0 Å². The van der Waals surface area contributed by atoms with Gasteiger partial charge in [-0.15, -0.1) is 0 Å². The highest BCUT2D eigenvalue weighted by molar-refractivity contribution is 7.89. The number of rotatable bonds is 7.